The number of aromatic nitrogens is 5. The number of hydrogen-bond donors (Lipinski definition) is 0. The molecule has 11 heteroatoms. The van der Waals surface area contributed by atoms with E-state index >= 15 is 0 Å². The molecule has 3 aromatic rings. The zero-order valence-electron chi connectivity index (χ0n) is 28.5. The van der Waals surface area contributed by atoms with Crippen molar-refractivity contribution < 1.29 is 23.7 Å². The maximum Gasteiger partial charge on any atom is 0.317 e. The molecule has 0 saturated carbocycles. The van der Waals surface area contributed by atoms with Crippen LogP contribution in [0.15, 0.2) is 30.6 Å². The lowest BCUT2D eigenvalue weighted by atomic mass is 9.83. The summed E-state index contributed by atoms with van der Waals surface area (Å²) in [6.45, 7) is 23.6. The van der Waals surface area contributed by atoms with Crippen molar-refractivity contribution in [3.05, 3.63) is 36.2 Å². The van der Waals surface area contributed by atoms with Crippen molar-refractivity contribution in [3.8, 4) is 34.5 Å². The van der Waals surface area contributed by atoms with Crippen molar-refractivity contribution in [3.63, 3.8) is 0 Å². The normalized spacial score (nSPS) is 12.5. The number of carbonyl (C=O) groups is 1. The molecule has 0 radical (unpaired) electrons. The summed E-state index contributed by atoms with van der Waals surface area (Å²) >= 11 is 0. The van der Waals surface area contributed by atoms with Crippen LogP contribution in [0.1, 0.15) is 66.9 Å². The number of nitrogens with zero attached hydrogens (tertiary/aromatic N) is 5. The van der Waals surface area contributed by atoms with Gasteiger partial charge in [-0.25, -0.2) is 4.98 Å². The molecule has 0 N–H and O–H groups in total. The number of carbonyl (C=O) groups excluding carboxylic acids is 1. The Morgan fingerprint density at radius 1 is 1.05 bits per heavy atom. The quantitative estimate of drug-likeness (QED) is 0.0973. The van der Waals surface area contributed by atoms with Gasteiger partial charge in [-0.15, -0.1) is 5.10 Å². The molecule has 0 bridgehead atoms. The van der Waals surface area contributed by atoms with Crippen molar-refractivity contribution >= 4 is 14.0 Å². The summed E-state index contributed by atoms with van der Waals surface area (Å²) in [5.74, 6) is 0.731. The summed E-state index contributed by atoms with van der Waals surface area (Å²) in [6, 6.07) is 7.23. The monoisotopic (exact) mass is 625 g/mol. The van der Waals surface area contributed by atoms with Crippen LogP contribution in [-0.2, 0) is 21.0 Å². The molecule has 3 rings (SSSR count). The van der Waals surface area contributed by atoms with E-state index < -0.39 is 19.1 Å². The predicted octanol–water partition coefficient (Wildman–Crippen LogP) is 7.34. The highest BCUT2D eigenvalue weighted by atomic mass is 28.3. The van der Waals surface area contributed by atoms with Crippen LogP contribution in [0.2, 0.25) is 25.7 Å². The van der Waals surface area contributed by atoms with Gasteiger partial charge < -0.3 is 18.9 Å². The molecule has 3 aromatic heterocycles. The van der Waals surface area contributed by atoms with Crippen molar-refractivity contribution in [1.29, 1.82) is 0 Å². The molecular formula is C33H51N5O5Si. The summed E-state index contributed by atoms with van der Waals surface area (Å²) in [5.41, 5.74) is 2.07. The van der Waals surface area contributed by atoms with Gasteiger partial charge in [0.25, 0.3) is 0 Å². The summed E-state index contributed by atoms with van der Waals surface area (Å²) in [7, 11) is -1.19. The average molecular weight is 626 g/mol. The van der Waals surface area contributed by atoms with E-state index in [-0.39, 0.29) is 25.4 Å². The van der Waals surface area contributed by atoms with Crippen LogP contribution in [0.4, 0.5) is 0 Å². The summed E-state index contributed by atoms with van der Waals surface area (Å²) in [5, 5.41) is 4.65. The van der Waals surface area contributed by atoms with Crippen LogP contribution < -0.4 is 9.47 Å². The van der Waals surface area contributed by atoms with E-state index in [2.05, 4.69) is 39.7 Å². The first-order valence-electron chi connectivity index (χ1n) is 15.5. The fourth-order valence-corrected chi connectivity index (χ4v) is 5.08. The highest BCUT2D eigenvalue weighted by molar-refractivity contribution is 6.76. The Labute approximate surface area is 263 Å². The summed E-state index contributed by atoms with van der Waals surface area (Å²) in [4.78, 5) is 26.8. The van der Waals surface area contributed by atoms with Gasteiger partial charge in [0.1, 0.15) is 24.4 Å². The third-order valence-electron chi connectivity index (χ3n) is 7.25. The molecular weight excluding hydrogens is 574 g/mol. The van der Waals surface area contributed by atoms with Gasteiger partial charge in [-0.2, -0.15) is 9.67 Å². The van der Waals surface area contributed by atoms with Gasteiger partial charge in [0.05, 0.1) is 11.8 Å². The minimum Gasteiger partial charge on any atom is -0.476 e. The van der Waals surface area contributed by atoms with E-state index in [1.54, 1.807) is 17.1 Å². The lowest BCUT2D eigenvalue weighted by Gasteiger charge is -2.32. The van der Waals surface area contributed by atoms with Crippen molar-refractivity contribution in [2.24, 2.45) is 5.41 Å². The topological polar surface area (TPSA) is 110 Å². The Kier molecular flexibility index (Phi) is 11.7. The van der Waals surface area contributed by atoms with Crippen LogP contribution >= 0.6 is 0 Å². The summed E-state index contributed by atoms with van der Waals surface area (Å²) < 4.78 is 25.2. The average Bonchev–Trinajstić information content (AvgIpc) is 3.32. The van der Waals surface area contributed by atoms with Gasteiger partial charge in [-0.05, 0) is 78.1 Å². The van der Waals surface area contributed by atoms with Crippen LogP contribution in [0, 0.1) is 12.3 Å². The maximum atomic E-state index is 13.0. The largest absolute Gasteiger partial charge is 0.476 e. The van der Waals surface area contributed by atoms with E-state index in [0.717, 1.165) is 28.4 Å². The molecule has 44 heavy (non-hydrogen) atoms. The zero-order chi connectivity index (χ0) is 32.7. The molecule has 0 aliphatic carbocycles. The van der Waals surface area contributed by atoms with E-state index in [0.29, 0.717) is 37.2 Å². The van der Waals surface area contributed by atoms with Crippen molar-refractivity contribution in [1.82, 2.24) is 24.7 Å². The van der Waals surface area contributed by atoms with Crippen LogP contribution in [0.25, 0.3) is 22.6 Å². The Balaban J connectivity index is 1.73. The van der Waals surface area contributed by atoms with Crippen molar-refractivity contribution in [2.45, 2.75) is 112 Å². The standard InChI is InChI=1S/C33H51N5O5Si/c1-12-33(13-2,30(39)43-32(6,7)8)21-41-28-18-24(5)26(20-35-28)27-15-14-25(19-34-27)29-36-31(42-23(3)4)38(37-29)22-40-16-17-44(9,10)11/h14-15,18-20,23H,12-13,16-17,21-22H2,1-11H3. The first kappa shape index (κ1) is 35.2. The number of ether oxygens (including phenoxy) is 4. The second-order valence-electron chi connectivity index (χ2n) is 13.8. The van der Waals surface area contributed by atoms with E-state index in [9.17, 15) is 4.79 Å². The molecule has 10 nitrogen and oxygen atoms in total. The van der Waals surface area contributed by atoms with Crippen LogP contribution in [-0.4, -0.2) is 63.7 Å². The van der Waals surface area contributed by atoms with Gasteiger partial charge in [-0.3, -0.25) is 9.78 Å². The minimum atomic E-state index is -1.19. The molecule has 0 aromatic carbocycles. The van der Waals surface area contributed by atoms with Gasteiger partial charge in [0.2, 0.25) is 5.88 Å². The van der Waals surface area contributed by atoms with Gasteiger partial charge >= 0.3 is 12.0 Å². The molecule has 0 spiro atoms. The molecule has 0 amide bonds. The summed E-state index contributed by atoms with van der Waals surface area (Å²) in [6.07, 6.45) is 4.67. The molecule has 242 valence electrons. The van der Waals surface area contributed by atoms with Crippen LogP contribution in [0.3, 0.4) is 0 Å². The Bertz CT molecular complexity index is 1370. The van der Waals surface area contributed by atoms with E-state index in [1.165, 1.54) is 0 Å². The number of hydrogen-bond acceptors (Lipinski definition) is 9. The highest BCUT2D eigenvalue weighted by Gasteiger charge is 2.39. The molecule has 3 heterocycles. The fraction of sp³-hybridized carbons (Fsp3) is 0.606. The maximum absolute atomic E-state index is 13.0. The molecule has 0 atom stereocenters. The Morgan fingerprint density at radius 3 is 2.30 bits per heavy atom. The number of aryl methyl sites for hydroxylation is 1. The third-order valence-corrected chi connectivity index (χ3v) is 8.96. The zero-order valence-corrected chi connectivity index (χ0v) is 29.5. The number of esters is 1. The van der Waals surface area contributed by atoms with Crippen molar-refractivity contribution in [2.75, 3.05) is 13.2 Å². The second-order valence-corrected chi connectivity index (χ2v) is 19.4. The highest BCUT2D eigenvalue weighted by Crippen LogP contribution is 2.32. The molecule has 0 aliphatic rings. The van der Waals surface area contributed by atoms with E-state index in [1.807, 2.05) is 73.6 Å². The predicted molar refractivity (Wildman–Crippen MR) is 175 cm³/mol. The number of rotatable bonds is 15. The molecule has 0 fully saturated rings. The van der Waals surface area contributed by atoms with Gasteiger partial charge in [0.15, 0.2) is 5.82 Å². The fourth-order valence-electron chi connectivity index (χ4n) is 4.32. The third kappa shape index (κ3) is 9.85. The first-order valence-corrected chi connectivity index (χ1v) is 19.3. The second kappa shape index (κ2) is 14.6. The SMILES string of the molecule is CCC(CC)(COc1cc(C)c(-c2ccc(-c3nc(OC(C)C)n(COCC[Si](C)(C)C)n3)cn2)cn1)C(=O)OC(C)(C)C. The van der Waals surface area contributed by atoms with Gasteiger partial charge in [0, 0.05) is 44.3 Å². The Morgan fingerprint density at radius 2 is 1.75 bits per heavy atom. The smallest absolute Gasteiger partial charge is 0.317 e. The molecule has 0 aliphatic heterocycles. The van der Waals surface area contributed by atoms with Gasteiger partial charge in [-0.1, -0.05) is 33.5 Å². The van der Waals surface area contributed by atoms with E-state index in [4.69, 9.17) is 18.9 Å². The molecule has 0 saturated heterocycles. The van der Waals surface area contributed by atoms with Crippen LogP contribution in [0.5, 0.6) is 11.9 Å². The minimum absolute atomic E-state index is 0.0478. The number of pyridine rings is 2. The lowest BCUT2D eigenvalue weighted by molar-refractivity contribution is -0.170. The first-order chi connectivity index (χ1) is 20.6. The molecule has 0 unspecified atom stereocenters. The lowest BCUT2D eigenvalue weighted by Crippen LogP contribution is -2.41. The Hall–Kier alpha value is -3.31.